The molecule has 1 aliphatic carbocycles. The molecule has 0 bridgehead atoms. The summed E-state index contributed by atoms with van der Waals surface area (Å²) in [7, 11) is 0. The van der Waals surface area contributed by atoms with Crippen molar-refractivity contribution < 1.29 is 19.4 Å². The van der Waals surface area contributed by atoms with Crippen LogP contribution < -0.4 is 15.4 Å². The van der Waals surface area contributed by atoms with E-state index in [-0.39, 0.29) is 24.0 Å². The van der Waals surface area contributed by atoms with Gasteiger partial charge in [-0.25, -0.2) is 0 Å². The Morgan fingerprint density at radius 1 is 1.26 bits per heavy atom. The van der Waals surface area contributed by atoms with Gasteiger partial charge in [0.2, 0.25) is 5.91 Å². The van der Waals surface area contributed by atoms with Gasteiger partial charge >= 0.3 is 0 Å². The van der Waals surface area contributed by atoms with Crippen LogP contribution in [0.15, 0.2) is 30.5 Å². The zero-order valence-electron chi connectivity index (χ0n) is 18.4. The van der Waals surface area contributed by atoms with Crippen LogP contribution in [0.4, 0.5) is 0 Å². The Hall–Kier alpha value is -2.38. The average molecular weight is 428 g/mol. The molecular formula is C24H33N3O4. The first-order valence-corrected chi connectivity index (χ1v) is 11.3. The molecule has 2 aliphatic heterocycles. The molecular weight excluding hydrogens is 394 g/mol. The lowest BCUT2D eigenvalue weighted by atomic mass is 9.91. The summed E-state index contributed by atoms with van der Waals surface area (Å²) in [6.07, 6.45) is 5.54. The fourth-order valence-electron chi connectivity index (χ4n) is 4.73. The number of rotatable bonds is 6. The van der Waals surface area contributed by atoms with E-state index in [0.29, 0.717) is 37.2 Å². The van der Waals surface area contributed by atoms with Gasteiger partial charge in [0.1, 0.15) is 17.9 Å². The van der Waals surface area contributed by atoms with Gasteiger partial charge in [0.05, 0.1) is 5.60 Å². The third-order valence-electron chi connectivity index (χ3n) is 6.39. The monoisotopic (exact) mass is 427 g/mol. The van der Waals surface area contributed by atoms with Crippen molar-refractivity contribution in [3.05, 3.63) is 41.6 Å². The summed E-state index contributed by atoms with van der Waals surface area (Å²) in [4.78, 5) is 26.9. The fraction of sp³-hybridized carbons (Fsp3) is 0.583. The summed E-state index contributed by atoms with van der Waals surface area (Å²) >= 11 is 0. The quantitative estimate of drug-likeness (QED) is 0.649. The molecule has 0 spiro atoms. The lowest BCUT2D eigenvalue weighted by molar-refractivity contribution is -0.126. The molecule has 3 atom stereocenters. The van der Waals surface area contributed by atoms with Crippen molar-refractivity contribution in [2.45, 2.75) is 82.7 Å². The maximum Gasteiger partial charge on any atom is 0.255 e. The molecule has 0 aromatic heterocycles. The van der Waals surface area contributed by atoms with Crippen LogP contribution in [0.3, 0.4) is 0 Å². The van der Waals surface area contributed by atoms with Gasteiger partial charge in [0, 0.05) is 30.4 Å². The van der Waals surface area contributed by atoms with Crippen LogP contribution in [-0.4, -0.2) is 52.2 Å². The minimum Gasteiger partial charge on any atom is -0.489 e. The number of amides is 2. The van der Waals surface area contributed by atoms with E-state index in [2.05, 4.69) is 17.2 Å². The van der Waals surface area contributed by atoms with Gasteiger partial charge in [-0.3, -0.25) is 9.59 Å². The highest BCUT2D eigenvalue weighted by molar-refractivity contribution is 6.01. The molecule has 1 unspecified atom stereocenters. The molecule has 3 N–H and O–H groups in total. The van der Waals surface area contributed by atoms with Crippen molar-refractivity contribution in [2.75, 3.05) is 6.54 Å². The smallest absolute Gasteiger partial charge is 0.255 e. The highest BCUT2D eigenvalue weighted by Gasteiger charge is 2.38. The van der Waals surface area contributed by atoms with E-state index in [1.54, 1.807) is 18.7 Å². The molecule has 2 amide bonds. The second kappa shape index (κ2) is 8.63. The van der Waals surface area contributed by atoms with E-state index in [1.165, 1.54) is 0 Å². The van der Waals surface area contributed by atoms with Crippen LogP contribution in [0.1, 0.15) is 68.3 Å². The van der Waals surface area contributed by atoms with Gasteiger partial charge in [0.25, 0.3) is 5.91 Å². The highest BCUT2D eigenvalue weighted by Crippen LogP contribution is 2.32. The number of carbonyl (C=O) groups is 2. The summed E-state index contributed by atoms with van der Waals surface area (Å²) in [6, 6.07) is 5.34. The number of nitrogens with one attached hydrogen (secondary N) is 2. The molecule has 1 aromatic carbocycles. The maximum atomic E-state index is 12.9. The zero-order valence-corrected chi connectivity index (χ0v) is 18.4. The van der Waals surface area contributed by atoms with Crippen molar-refractivity contribution >= 4 is 11.8 Å². The second-order valence-electron chi connectivity index (χ2n) is 9.64. The number of hydrogen-bond acceptors (Lipinski definition) is 5. The van der Waals surface area contributed by atoms with Crippen molar-refractivity contribution in [2.24, 2.45) is 0 Å². The molecule has 31 heavy (non-hydrogen) atoms. The summed E-state index contributed by atoms with van der Waals surface area (Å²) in [5.74, 6) is 0.491. The van der Waals surface area contributed by atoms with Crippen LogP contribution >= 0.6 is 0 Å². The number of hydrogen-bond donors (Lipinski definition) is 3. The molecule has 168 valence electrons. The van der Waals surface area contributed by atoms with Crippen LogP contribution in [-0.2, 0) is 11.3 Å². The van der Waals surface area contributed by atoms with Crippen LogP contribution in [0, 0.1) is 0 Å². The predicted octanol–water partition coefficient (Wildman–Crippen LogP) is 2.49. The van der Waals surface area contributed by atoms with Crippen molar-refractivity contribution in [1.82, 2.24) is 15.5 Å². The Morgan fingerprint density at radius 3 is 2.77 bits per heavy atom. The largest absolute Gasteiger partial charge is 0.489 e. The number of piperidine rings is 1. The van der Waals surface area contributed by atoms with E-state index in [4.69, 9.17) is 4.74 Å². The highest BCUT2D eigenvalue weighted by atomic mass is 16.5. The molecule has 0 radical (unpaired) electrons. The molecule has 4 rings (SSSR count). The number of allylic oxidation sites excluding steroid dienone is 1. The van der Waals surface area contributed by atoms with Gasteiger partial charge < -0.3 is 25.4 Å². The fourth-order valence-corrected chi connectivity index (χ4v) is 4.73. The number of nitrogens with zero attached hydrogens (tertiary/aromatic N) is 1. The standard InChI is InChI=1S/C24H33N3O4/c1-15-8-11-20(22(28)26-15)27-13-16-12-17(9-10-18(16)23(27)29)31-21-7-5-4-6-19(21)25-14-24(2,3)30/h9-10,12,19-21,25,30H,1,4-8,11,13-14H2,2-3H3,(H,26,28)/t19-,20?,21+/m0/s1. The number of fused-ring (bicyclic) bond motifs is 1. The van der Waals surface area contributed by atoms with Crippen LogP contribution in [0.5, 0.6) is 5.75 Å². The first-order valence-electron chi connectivity index (χ1n) is 11.3. The van der Waals surface area contributed by atoms with Crippen LogP contribution in [0.2, 0.25) is 0 Å². The Labute approximate surface area is 183 Å². The Balaban J connectivity index is 1.44. The number of ether oxygens (including phenoxy) is 1. The topological polar surface area (TPSA) is 90.9 Å². The van der Waals surface area contributed by atoms with Gasteiger partial charge in [-0.15, -0.1) is 0 Å². The summed E-state index contributed by atoms with van der Waals surface area (Å²) in [6.45, 7) is 8.34. The molecule has 2 heterocycles. The van der Waals surface area contributed by atoms with Gasteiger partial charge in [-0.05, 0) is 69.7 Å². The van der Waals surface area contributed by atoms with Gasteiger partial charge in [-0.1, -0.05) is 13.0 Å². The third-order valence-corrected chi connectivity index (χ3v) is 6.39. The van der Waals surface area contributed by atoms with E-state index in [0.717, 1.165) is 37.0 Å². The molecule has 7 nitrogen and oxygen atoms in total. The number of carbonyl (C=O) groups excluding carboxylic acids is 2. The SMILES string of the molecule is C=C1CCC(N2Cc3cc(O[C@@H]4CCCC[C@@H]4NCC(C)(C)O)ccc3C2=O)C(=O)N1. The summed E-state index contributed by atoms with van der Waals surface area (Å²) < 4.78 is 6.34. The zero-order chi connectivity index (χ0) is 22.2. The maximum absolute atomic E-state index is 12.9. The Bertz CT molecular complexity index is 876. The predicted molar refractivity (Wildman–Crippen MR) is 118 cm³/mol. The molecule has 1 aromatic rings. The van der Waals surface area contributed by atoms with Crippen molar-refractivity contribution in [3.63, 3.8) is 0 Å². The Morgan fingerprint density at radius 2 is 2.03 bits per heavy atom. The number of aliphatic hydroxyl groups is 1. The third kappa shape index (κ3) is 4.93. The number of benzene rings is 1. The second-order valence-corrected chi connectivity index (χ2v) is 9.64. The Kier molecular flexibility index (Phi) is 6.08. The van der Waals surface area contributed by atoms with E-state index in [9.17, 15) is 14.7 Å². The minimum atomic E-state index is -0.767. The van der Waals surface area contributed by atoms with Crippen molar-refractivity contribution in [1.29, 1.82) is 0 Å². The van der Waals surface area contributed by atoms with E-state index in [1.807, 2.05) is 18.2 Å². The lowest BCUT2D eigenvalue weighted by Gasteiger charge is -2.34. The van der Waals surface area contributed by atoms with E-state index < -0.39 is 11.6 Å². The molecule has 2 fully saturated rings. The normalized spacial score (nSPS) is 26.6. The molecule has 1 saturated carbocycles. The average Bonchev–Trinajstić information content (AvgIpc) is 3.02. The molecule has 7 heteroatoms. The first-order chi connectivity index (χ1) is 14.7. The van der Waals surface area contributed by atoms with Crippen molar-refractivity contribution in [3.8, 4) is 5.75 Å². The summed E-state index contributed by atoms with van der Waals surface area (Å²) in [5, 5.41) is 16.3. The molecule has 3 aliphatic rings. The lowest BCUT2D eigenvalue weighted by Crippen LogP contribution is -2.49. The minimum absolute atomic E-state index is 0.0255. The summed E-state index contributed by atoms with van der Waals surface area (Å²) in [5.41, 5.74) is 1.49. The first kappa shape index (κ1) is 21.8. The molecule has 1 saturated heterocycles. The van der Waals surface area contributed by atoms with Crippen LogP contribution in [0.25, 0.3) is 0 Å². The van der Waals surface area contributed by atoms with Gasteiger partial charge in [-0.2, -0.15) is 0 Å². The van der Waals surface area contributed by atoms with E-state index >= 15 is 0 Å². The van der Waals surface area contributed by atoms with Gasteiger partial charge in [0.15, 0.2) is 0 Å².